The molecule has 2 fully saturated rings. The van der Waals surface area contributed by atoms with Crippen LogP contribution < -0.4 is 5.32 Å². The zero-order chi connectivity index (χ0) is 12.6. The molecule has 0 amide bonds. The summed E-state index contributed by atoms with van der Waals surface area (Å²) in [4.78, 5) is 10.8. The zero-order valence-corrected chi connectivity index (χ0v) is 10.3. The average molecular weight is 245 g/mol. The Morgan fingerprint density at radius 2 is 1.88 bits per heavy atom. The SMILES string of the molecule is CNC[C@H]1O[C@@H](CC(=O)O)C2OC(C)(C)OC21. The number of carbonyl (C=O) groups is 1. The number of nitrogens with one attached hydrogen (secondary N) is 1. The molecule has 0 aliphatic carbocycles. The highest BCUT2D eigenvalue weighted by Gasteiger charge is 2.55. The molecule has 0 radical (unpaired) electrons. The van der Waals surface area contributed by atoms with Gasteiger partial charge in [-0.05, 0) is 20.9 Å². The van der Waals surface area contributed by atoms with Crippen LogP contribution in [0.4, 0.5) is 0 Å². The van der Waals surface area contributed by atoms with Gasteiger partial charge in [-0.3, -0.25) is 4.79 Å². The Kier molecular flexibility index (Phi) is 3.40. The molecular weight excluding hydrogens is 226 g/mol. The highest BCUT2D eigenvalue weighted by atomic mass is 16.8. The van der Waals surface area contributed by atoms with Crippen LogP contribution in [0.1, 0.15) is 20.3 Å². The number of hydrogen-bond donors (Lipinski definition) is 2. The molecule has 2 unspecified atom stereocenters. The predicted molar refractivity (Wildman–Crippen MR) is 58.7 cm³/mol. The summed E-state index contributed by atoms with van der Waals surface area (Å²) in [6.07, 6.45) is -1.13. The standard InChI is InChI=1S/C11H19NO5/c1-11(2)16-9-6(4-8(13)14)15-7(5-12-3)10(9)17-11/h6-7,9-10,12H,4-5H2,1-3H3,(H,13,14)/t6-,7+,9?,10?/m0/s1. The second-order valence-electron chi connectivity index (χ2n) is 4.93. The van der Waals surface area contributed by atoms with Crippen LogP contribution in [0, 0.1) is 0 Å². The maximum absolute atomic E-state index is 10.8. The monoisotopic (exact) mass is 245 g/mol. The maximum Gasteiger partial charge on any atom is 0.306 e. The predicted octanol–water partition coefficient (Wildman–Crippen LogP) is -0.0320. The van der Waals surface area contributed by atoms with Gasteiger partial charge in [-0.1, -0.05) is 0 Å². The molecule has 0 aromatic heterocycles. The summed E-state index contributed by atoms with van der Waals surface area (Å²) in [5.41, 5.74) is 0. The summed E-state index contributed by atoms with van der Waals surface area (Å²) in [7, 11) is 1.82. The van der Waals surface area contributed by atoms with Gasteiger partial charge < -0.3 is 24.6 Å². The van der Waals surface area contributed by atoms with Crippen LogP contribution in [0.15, 0.2) is 0 Å². The molecule has 17 heavy (non-hydrogen) atoms. The van der Waals surface area contributed by atoms with Crippen LogP contribution in [-0.2, 0) is 19.0 Å². The van der Waals surface area contributed by atoms with E-state index >= 15 is 0 Å². The average Bonchev–Trinajstić information content (AvgIpc) is 2.63. The number of fused-ring (bicyclic) bond motifs is 1. The van der Waals surface area contributed by atoms with Gasteiger partial charge in [0, 0.05) is 6.54 Å². The molecule has 0 aromatic carbocycles. The molecule has 98 valence electrons. The Morgan fingerprint density at radius 1 is 1.29 bits per heavy atom. The van der Waals surface area contributed by atoms with Gasteiger partial charge in [0.25, 0.3) is 0 Å². The first-order valence-corrected chi connectivity index (χ1v) is 5.80. The molecule has 2 aliphatic heterocycles. The van der Waals surface area contributed by atoms with Crippen molar-refractivity contribution in [2.75, 3.05) is 13.6 Å². The van der Waals surface area contributed by atoms with Crippen molar-refractivity contribution >= 4 is 5.97 Å². The summed E-state index contributed by atoms with van der Waals surface area (Å²) in [5.74, 6) is -1.55. The largest absolute Gasteiger partial charge is 0.481 e. The van der Waals surface area contributed by atoms with Gasteiger partial charge in [-0.25, -0.2) is 0 Å². The Labute approximate surface area is 100 Å². The lowest BCUT2D eigenvalue weighted by atomic mass is 10.1. The van der Waals surface area contributed by atoms with Crippen LogP contribution in [0.2, 0.25) is 0 Å². The van der Waals surface area contributed by atoms with Crippen molar-refractivity contribution in [3.63, 3.8) is 0 Å². The van der Waals surface area contributed by atoms with Crippen molar-refractivity contribution in [2.45, 2.75) is 50.5 Å². The van der Waals surface area contributed by atoms with E-state index in [1.165, 1.54) is 0 Å². The van der Waals surface area contributed by atoms with E-state index in [4.69, 9.17) is 19.3 Å². The Balaban J connectivity index is 2.09. The highest BCUT2D eigenvalue weighted by molar-refractivity contribution is 5.67. The van der Waals surface area contributed by atoms with Crippen molar-refractivity contribution in [1.82, 2.24) is 5.32 Å². The van der Waals surface area contributed by atoms with Gasteiger partial charge in [-0.15, -0.1) is 0 Å². The lowest BCUT2D eigenvalue weighted by molar-refractivity contribution is -0.188. The van der Waals surface area contributed by atoms with Crippen LogP contribution in [0.5, 0.6) is 0 Å². The van der Waals surface area contributed by atoms with Gasteiger partial charge >= 0.3 is 5.97 Å². The number of carboxylic acid groups (broad SMARTS) is 1. The highest BCUT2D eigenvalue weighted by Crippen LogP contribution is 2.39. The Hall–Kier alpha value is -0.690. The minimum Gasteiger partial charge on any atom is -0.481 e. The number of ether oxygens (including phenoxy) is 3. The van der Waals surface area contributed by atoms with Crippen LogP contribution in [0.25, 0.3) is 0 Å². The first-order valence-electron chi connectivity index (χ1n) is 5.80. The van der Waals surface area contributed by atoms with Crippen molar-refractivity contribution < 1.29 is 24.1 Å². The van der Waals surface area contributed by atoms with E-state index in [9.17, 15) is 4.79 Å². The normalized spacial score (nSPS) is 39.2. The summed E-state index contributed by atoms with van der Waals surface area (Å²) >= 11 is 0. The summed E-state index contributed by atoms with van der Waals surface area (Å²) in [6, 6.07) is 0. The molecule has 0 spiro atoms. The van der Waals surface area contributed by atoms with Crippen LogP contribution >= 0.6 is 0 Å². The topological polar surface area (TPSA) is 77.0 Å². The first-order chi connectivity index (χ1) is 7.93. The molecule has 2 heterocycles. The van der Waals surface area contributed by atoms with E-state index in [2.05, 4.69) is 5.32 Å². The Bertz CT molecular complexity index is 306. The molecule has 0 saturated carbocycles. The molecule has 2 aliphatic rings. The summed E-state index contributed by atoms with van der Waals surface area (Å²) < 4.78 is 17.2. The lowest BCUT2D eigenvalue weighted by Gasteiger charge is -2.23. The zero-order valence-electron chi connectivity index (χ0n) is 10.3. The molecular formula is C11H19NO5. The van der Waals surface area contributed by atoms with E-state index in [1.807, 2.05) is 20.9 Å². The van der Waals surface area contributed by atoms with E-state index in [0.717, 1.165) is 0 Å². The number of aliphatic carboxylic acids is 1. The second kappa shape index (κ2) is 4.53. The van der Waals surface area contributed by atoms with Crippen molar-refractivity contribution in [1.29, 1.82) is 0 Å². The van der Waals surface area contributed by atoms with Gasteiger partial charge in [0.1, 0.15) is 12.2 Å². The lowest BCUT2D eigenvalue weighted by Crippen LogP contribution is -2.36. The third kappa shape index (κ3) is 2.60. The molecule has 0 aromatic rings. The number of hydrogen-bond acceptors (Lipinski definition) is 5. The molecule has 2 rings (SSSR count). The van der Waals surface area contributed by atoms with Crippen LogP contribution in [-0.4, -0.2) is 54.9 Å². The molecule has 2 N–H and O–H groups in total. The molecule has 0 bridgehead atoms. The third-order valence-corrected chi connectivity index (χ3v) is 3.03. The van der Waals surface area contributed by atoms with Gasteiger partial charge in [0.15, 0.2) is 5.79 Å². The summed E-state index contributed by atoms with van der Waals surface area (Å²) in [6.45, 7) is 4.29. The minimum absolute atomic E-state index is 0.0547. The number of rotatable bonds is 4. The van der Waals surface area contributed by atoms with E-state index < -0.39 is 17.9 Å². The maximum atomic E-state index is 10.8. The third-order valence-electron chi connectivity index (χ3n) is 3.03. The fourth-order valence-electron chi connectivity index (χ4n) is 2.47. The van der Waals surface area contributed by atoms with Crippen molar-refractivity contribution in [3.8, 4) is 0 Å². The minimum atomic E-state index is -0.882. The fraction of sp³-hybridized carbons (Fsp3) is 0.909. The van der Waals surface area contributed by atoms with Crippen molar-refractivity contribution in [3.05, 3.63) is 0 Å². The number of carboxylic acids is 1. The molecule has 2 saturated heterocycles. The van der Waals surface area contributed by atoms with E-state index in [-0.39, 0.29) is 24.7 Å². The van der Waals surface area contributed by atoms with E-state index in [1.54, 1.807) is 0 Å². The van der Waals surface area contributed by atoms with E-state index in [0.29, 0.717) is 6.54 Å². The second-order valence-corrected chi connectivity index (χ2v) is 4.93. The molecule has 4 atom stereocenters. The van der Waals surface area contributed by atoms with Gasteiger partial charge in [0.05, 0.1) is 18.6 Å². The molecule has 6 heteroatoms. The smallest absolute Gasteiger partial charge is 0.306 e. The van der Waals surface area contributed by atoms with Gasteiger partial charge in [-0.2, -0.15) is 0 Å². The van der Waals surface area contributed by atoms with Crippen molar-refractivity contribution in [2.24, 2.45) is 0 Å². The first kappa shape index (κ1) is 12.8. The number of likely N-dealkylation sites (N-methyl/N-ethyl adjacent to an activating group) is 1. The Morgan fingerprint density at radius 3 is 2.41 bits per heavy atom. The molecule has 6 nitrogen and oxygen atoms in total. The van der Waals surface area contributed by atoms with Crippen LogP contribution in [0.3, 0.4) is 0 Å². The fourth-order valence-corrected chi connectivity index (χ4v) is 2.47. The quantitative estimate of drug-likeness (QED) is 0.724. The summed E-state index contributed by atoms with van der Waals surface area (Å²) in [5, 5.41) is 11.9. The van der Waals surface area contributed by atoms with Gasteiger partial charge in [0.2, 0.25) is 0 Å².